The topological polar surface area (TPSA) is 69.0 Å². The standard InChI is InChI=1S/C31H30N4O2/c1-22-20-28(37-21-27(36)32-23(2)18-19-24-12-6-3-7-13-24)33-31-29(22)30(25-14-8-4-9-15-25)34-35(31)26-16-10-5-11-17-26/h3-17,20,23H,18-19,21H2,1-2H3,(H,32,36)/t23-/m0/s1. The molecule has 2 heterocycles. The molecule has 0 aliphatic carbocycles. The number of rotatable bonds is 9. The minimum absolute atomic E-state index is 0.0430. The Morgan fingerprint density at radius 3 is 2.30 bits per heavy atom. The number of carbonyl (C=O) groups excluding carboxylic acids is 1. The highest BCUT2D eigenvalue weighted by Gasteiger charge is 2.19. The van der Waals surface area contributed by atoms with Gasteiger partial charge in [0.05, 0.1) is 11.1 Å². The van der Waals surface area contributed by atoms with Crippen molar-refractivity contribution in [3.05, 3.63) is 108 Å². The molecule has 6 heteroatoms. The molecule has 0 aliphatic rings. The quantitative estimate of drug-likeness (QED) is 0.279. The molecule has 0 saturated carbocycles. The maximum Gasteiger partial charge on any atom is 0.258 e. The van der Waals surface area contributed by atoms with E-state index in [-0.39, 0.29) is 18.6 Å². The third-order valence-electron chi connectivity index (χ3n) is 6.33. The number of pyridine rings is 1. The number of carbonyl (C=O) groups is 1. The molecule has 0 spiro atoms. The molecule has 1 atom stereocenters. The third kappa shape index (κ3) is 5.70. The largest absolute Gasteiger partial charge is 0.468 e. The van der Waals surface area contributed by atoms with Crippen molar-refractivity contribution in [3.63, 3.8) is 0 Å². The van der Waals surface area contributed by atoms with E-state index >= 15 is 0 Å². The molecule has 0 aliphatic heterocycles. The summed E-state index contributed by atoms with van der Waals surface area (Å²) >= 11 is 0. The molecule has 2 aromatic heterocycles. The fourth-order valence-corrected chi connectivity index (χ4v) is 4.45. The van der Waals surface area contributed by atoms with Gasteiger partial charge in [0.1, 0.15) is 5.69 Å². The molecule has 0 unspecified atom stereocenters. The fraction of sp³-hybridized carbons (Fsp3) is 0.194. The summed E-state index contributed by atoms with van der Waals surface area (Å²) in [5.41, 5.74) is 5.72. The summed E-state index contributed by atoms with van der Waals surface area (Å²) in [5, 5.41) is 8.92. The first-order valence-electron chi connectivity index (χ1n) is 12.6. The lowest BCUT2D eigenvalue weighted by Crippen LogP contribution is -2.36. The van der Waals surface area contributed by atoms with Gasteiger partial charge in [-0.3, -0.25) is 4.79 Å². The Morgan fingerprint density at radius 2 is 1.59 bits per heavy atom. The number of hydrogen-bond acceptors (Lipinski definition) is 4. The van der Waals surface area contributed by atoms with E-state index in [9.17, 15) is 4.79 Å². The summed E-state index contributed by atoms with van der Waals surface area (Å²) in [6.07, 6.45) is 1.77. The molecule has 0 radical (unpaired) electrons. The van der Waals surface area contributed by atoms with Gasteiger partial charge in [-0.05, 0) is 49.9 Å². The van der Waals surface area contributed by atoms with Gasteiger partial charge in [-0.15, -0.1) is 0 Å². The van der Waals surface area contributed by atoms with Crippen molar-refractivity contribution in [1.82, 2.24) is 20.1 Å². The molecular formula is C31H30N4O2. The number of ether oxygens (including phenoxy) is 1. The van der Waals surface area contributed by atoms with Crippen LogP contribution in [0.15, 0.2) is 97.1 Å². The van der Waals surface area contributed by atoms with Crippen molar-refractivity contribution in [2.24, 2.45) is 0 Å². The molecule has 0 fully saturated rings. The van der Waals surface area contributed by atoms with E-state index in [1.54, 1.807) is 0 Å². The zero-order valence-electron chi connectivity index (χ0n) is 21.1. The first kappa shape index (κ1) is 24.3. The van der Waals surface area contributed by atoms with E-state index < -0.39 is 0 Å². The van der Waals surface area contributed by atoms with E-state index in [0.29, 0.717) is 11.5 Å². The molecule has 37 heavy (non-hydrogen) atoms. The van der Waals surface area contributed by atoms with E-state index in [0.717, 1.165) is 40.7 Å². The molecule has 0 bridgehead atoms. The van der Waals surface area contributed by atoms with Gasteiger partial charge in [0.25, 0.3) is 5.91 Å². The number of fused-ring (bicyclic) bond motifs is 1. The number of nitrogens with zero attached hydrogens (tertiary/aromatic N) is 3. The van der Waals surface area contributed by atoms with Gasteiger partial charge in [-0.1, -0.05) is 78.9 Å². The van der Waals surface area contributed by atoms with Crippen molar-refractivity contribution in [1.29, 1.82) is 0 Å². The smallest absolute Gasteiger partial charge is 0.258 e. The zero-order valence-corrected chi connectivity index (χ0v) is 21.1. The first-order valence-corrected chi connectivity index (χ1v) is 12.6. The average Bonchev–Trinajstić information content (AvgIpc) is 3.32. The predicted octanol–water partition coefficient (Wildman–Crippen LogP) is 5.91. The number of aromatic nitrogens is 3. The monoisotopic (exact) mass is 490 g/mol. The lowest BCUT2D eigenvalue weighted by atomic mass is 10.1. The highest BCUT2D eigenvalue weighted by Crippen LogP contribution is 2.33. The van der Waals surface area contributed by atoms with Crippen molar-refractivity contribution in [2.75, 3.05) is 6.61 Å². The summed E-state index contributed by atoms with van der Waals surface area (Å²) < 4.78 is 7.70. The Balaban J connectivity index is 1.34. The lowest BCUT2D eigenvalue weighted by molar-refractivity contribution is -0.123. The summed E-state index contributed by atoms with van der Waals surface area (Å²) in [6, 6.07) is 32.2. The van der Waals surface area contributed by atoms with Crippen LogP contribution < -0.4 is 10.1 Å². The molecule has 5 rings (SSSR count). The van der Waals surface area contributed by atoms with Gasteiger partial charge >= 0.3 is 0 Å². The summed E-state index contributed by atoms with van der Waals surface area (Å²) in [5.74, 6) is 0.232. The molecule has 3 aromatic carbocycles. The van der Waals surface area contributed by atoms with E-state index in [4.69, 9.17) is 14.8 Å². The summed E-state index contributed by atoms with van der Waals surface area (Å²) in [4.78, 5) is 17.4. The second-order valence-electron chi connectivity index (χ2n) is 9.22. The Bertz CT molecular complexity index is 1480. The SMILES string of the molecule is Cc1cc(OCC(=O)N[C@@H](C)CCc2ccccc2)nc2c1c(-c1ccccc1)nn2-c1ccccc1. The van der Waals surface area contributed by atoms with Crippen LogP contribution in [0.25, 0.3) is 28.0 Å². The fourth-order valence-electron chi connectivity index (χ4n) is 4.45. The Kier molecular flexibility index (Phi) is 7.26. The Labute approximate surface area is 216 Å². The number of nitrogens with one attached hydrogen (secondary N) is 1. The maximum absolute atomic E-state index is 12.6. The molecule has 6 nitrogen and oxygen atoms in total. The number of hydrogen-bond donors (Lipinski definition) is 1. The van der Waals surface area contributed by atoms with Crippen LogP contribution in [-0.2, 0) is 11.2 Å². The highest BCUT2D eigenvalue weighted by atomic mass is 16.5. The van der Waals surface area contributed by atoms with Crippen LogP contribution in [0.5, 0.6) is 5.88 Å². The van der Waals surface area contributed by atoms with Gasteiger partial charge in [-0.25, -0.2) is 4.68 Å². The van der Waals surface area contributed by atoms with E-state index in [1.165, 1.54) is 5.56 Å². The average molecular weight is 491 g/mol. The summed E-state index contributed by atoms with van der Waals surface area (Å²) in [6.45, 7) is 3.93. The van der Waals surface area contributed by atoms with Gasteiger partial charge in [0.2, 0.25) is 5.88 Å². The molecule has 1 N–H and O–H groups in total. The minimum atomic E-state index is -0.165. The van der Waals surface area contributed by atoms with Crippen LogP contribution in [0.2, 0.25) is 0 Å². The normalized spacial score (nSPS) is 11.8. The van der Waals surface area contributed by atoms with Crippen LogP contribution in [-0.4, -0.2) is 33.3 Å². The predicted molar refractivity (Wildman–Crippen MR) is 147 cm³/mol. The van der Waals surface area contributed by atoms with Gasteiger partial charge in [0.15, 0.2) is 12.3 Å². The number of amides is 1. The number of aryl methyl sites for hydroxylation is 2. The first-order chi connectivity index (χ1) is 18.1. The van der Waals surface area contributed by atoms with Gasteiger partial charge in [0, 0.05) is 17.7 Å². The second kappa shape index (κ2) is 11.1. The van der Waals surface area contributed by atoms with Crippen LogP contribution in [0.1, 0.15) is 24.5 Å². The molecule has 0 saturated heterocycles. The molecule has 5 aromatic rings. The lowest BCUT2D eigenvalue weighted by Gasteiger charge is -2.14. The molecule has 1 amide bonds. The van der Waals surface area contributed by atoms with Crippen molar-refractivity contribution >= 4 is 16.9 Å². The van der Waals surface area contributed by atoms with Crippen molar-refractivity contribution in [2.45, 2.75) is 32.7 Å². The van der Waals surface area contributed by atoms with Crippen LogP contribution in [0.4, 0.5) is 0 Å². The van der Waals surface area contributed by atoms with E-state index in [1.807, 2.05) is 103 Å². The van der Waals surface area contributed by atoms with Crippen LogP contribution in [0, 0.1) is 6.92 Å². The van der Waals surface area contributed by atoms with Crippen molar-refractivity contribution < 1.29 is 9.53 Å². The van der Waals surface area contributed by atoms with E-state index in [2.05, 4.69) is 17.4 Å². The Morgan fingerprint density at radius 1 is 0.946 bits per heavy atom. The summed E-state index contributed by atoms with van der Waals surface area (Å²) in [7, 11) is 0. The van der Waals surface area contributed by atoms with Gasteiger partial charge in [-0.2, -0.15) is 10.1 Å². The highest BCUT2D eigenvalue weighted by molar-refractivity contribution is 5.95. The molecule has 186 valence electrons. The zero-order chi connectivity index (χ0) is 25.6. The maximum atomic E-state index is 12.6. The van der Waals surface area contributed by atoms with Crippen LogP contribution >= 0.6 is 0 Å². The van der Waals surface area contributed by atoms with Crippen molar-refractivity contribution in [3.8, 4) is 22.8 Å². The third-order valence-corrected chi connectivity index (χ3v) is 6.33. The molecular weight excluding hydrogens is 460 g/mol. The van der Waals surface area contributed by atoms with Crippen LogP contribution in [0.3, 0.4) is 0 Å². The minimum Gasteiger partial charge on any atom is -0.468 e. The van der Waals surface area contributed by atoms with Gasteiger partial charge < -0.3 is 10.1 Å². The number of benzene rings is 3. The second-order valence-corrected chi connectivity index (χ2v) is 9.22. The number of para-hydroxylation sites is 1. The Hall–Kier alpha value is -4.45.